The number of aliphatic carboxylic acids is 1. The summed E-state index contributed by atoms with van der Waals surface area (Å²) in [5.74, 6) is -0.290. The maximum Gasteiger partial charge on any atom is 0.326 e. The van der Waals surface area contributed by atoms with Crippen LogP contribution in [0.5, 0.6) is 0 Å². The number of pyridine rings is 1. The van der Waals surface area contributed by atoms with E-state index in [-0.39, 0.29) is 11.8 Å². The van der Waals surface area contributed by atoms with Gasteiger partial charge in [-0.3, -0.25) is 4.79 Å². The Hall–Kier alpha value is -3.40. The van der Waals surface area contributed by atoms with Crippen molar-refractivity contribution in [3.05, 3.63) is 42.1 Å². The number of carboxylic acids is 1. The van der Waals surface area contributed by atoms with Crippen molar-refractivity contribution in [1.82, 2.24) is 4.98 Å². The number of hydrogen-bond donors (Lipinski definition) is 2. The molecule has 1 aromatic heterocycles. The Morgan fingerprint density at radius 1 is 1.18 bits per heavy atom. The molecule has 28 heavy (non-hydrogen) atoms. The molecule has 1 unspecified atom stereocenters. The van der Waals surface area contributed by atoms with Gasteiger partial charge in [0.25, 0.3) is 0 Å². The standard InChI is InChI=1S/C21H20N4O3/c22-12-16-10-14(5-6-17(16)25-9-1-2-18(25)21(27)28)15-7-8-23-19(11-15)24-20(26)13-3-4-13/h5-8,10-11,13,18H,1-4,9H2,(H,27,28)(H,23,24,26). The van der Waals surface area contributed by atoms with E-state index in [1.54, 1.807) is 29.3 Å². The Balaban J connectivity index is 1.62. The highest BCUT2D eigenvalue weighted by atomic mass is 16.4. The van der Waals surface area contributed by atoms with Gasteiger partial charge in [-0.25, -0.2) is 9.78 Å². The highest BCUT2D eigenvalue weighted by Gasteiger charge is 2.32. The van der Waals surface area contributed by atoms with Crippen molar-refractivity contribution >= 4 is 23.4 Å². The number of carbonyl (C=O) groups excluding carboxylic acids is 1. The zero-order valence-corrected chi connectivity index (χ0v) is 15.3. The molecule has 1 saturated heterocycles. The second-order valence-electron chi connectivity index (χ2n) is 7.23. The van der Waals surface area contributed by atoms with E-state index in [4.69, 9.17) is 0 Å². The van der Waals surface area contributed by atoms with Crippen LogP contribution in [-0.2, 0) is 9.59 Å². The van der Waals surface area contributed by atoms with Crippen LogP contribution in [0.25, 0.3) is 11.1 Å². The second-order valence-corrected chi connectivity index (χ2v) is 7.23. The normalized spacial score (nSPS) is 18.5. The van der Waals surface area contributed by atoms with E-state index in [0.29, 0.717) is 30.0 Å². The number of carbonyl (C=O) groups is 2. The maximum atomic E-state index is 12.0. The summed E-state index contributed by atoms with van der Waals surface area (Å²) in [6, 6.07) is 10.6. The Kier molecular flexibility index (Phi) is 4.70. The van der Waals surface area contributed by atoms with Gasteiger partial charge in [0.1, 0.15) is 17.9 Å². The van der Waals surface area contributed by atoms with Crippen LogP contribution in [0.4, 0.5) is 11.5 Å². The molecule has 7 nitrogen and oxygen atoms in total. The average Bonchev–Trinajstić information content (AvgIpc) is 3.44. The third-order valence-electron chi connectivity index (χ3n) is 5.26. The molecule has 0 spiro atoms. The van der Waals surface area contributed by atoms with Crippen LogP contribution in [0, 0.1) is 17.2 Å². The first-order valence-electron chi connectivity index (χ1n) is 9.37. The predicted octanol–water partition coefficient (Wildman–Crippen LogP) is 3.02. The molecule has 1 aliphatic heterocycles. The van der Waals surface area contributed by atoms with Gasteiger partial charge < -0.3 is 15.3 Å². The molecule has 1 aliphatic carbocycles. The topological polar surface area (TPSA) is 106 Å². The lowest BCUT2D eigenvalue weighted by atomic mass is 10.0. The molecule has 2 aliphatic rings. The fourth-order valence-corrected chi connectivity index (χ4v) is 3.62. The molecule has 0 bridgehead atoms. The van der Waals surface area contributed by atoms with E-state index in [0.717, 1.165) is 30.4 Å². The first-order valence-corrected chi connectivity index (χ1v) is 9.37. The molecule has 0 radical (unpaired) electrons. The summed E-state index contributed by atoms with van der Waals surface area (Å²) in [7, 11) is 0. The van der Waals surface area contributed by atoms with Crippen molar-refractivity contribution in [3.8, 4) is 17.2 Å². The summed E-state index contributed by atoms with van der Waals surface area (Å²) >= 11 is 0. The predicted molar refractivity (Wildman–Crippen MR) is 104 cm³/mol. The summed E-state index contributed by atoms with van der Waals surface area (Å²) in [6.07, 6.45) is 4.84. The van der Waals surface area contributed by atoms with Gasteiger partial charge in [0.15, 0.2) is 0 Å². The Morgan fingerprint density at radius 2 is 1.96 bits per heavy atom. The minimum Gasteiger partial charge on any atom is -0.480 e. The number of nitrogens with zero attached hydrogens (tertiary/aromatic N) is 3. The van der Waals surface area contributed by atoms with Crippen molar-refractivity contribution in [1.29, 1.82) is 5.26 Å². The van der Waals surface area contributed by atoms with Crippen LogP contribution in [0.15, 0.2) is 36.5 Å². The molecule has 2 aromatic rings. The number of benzene rings is 1. The van der Waals surface area contributed by atoms with E-state index in [2.05, 4.69) is 16.4 Å². The molecule has 1 atom stereocenters. The van der Waals surface area contributed by atoms with Crippen LogP contribution in [0.3, 0.4) is 0 Å². The highest BCUT2D eigenvalue weighted by Crippen LogP contribution is 2.33. The first-order chi connectivity index (χ1) is 13.6. The number of rotatable bonds is 5. The molecule has 1 saturated carbocycles. The van der Waals surface area contributed by atoms with Crippen LogP contribution in [0.2, 0.25) is 0 Å². The van der Waals surface area contributed by atoms with E-state index < -0.39 is 12.0 Å². The van der Waals surface area contributed by atoms with Crippen LogP contribution < -0.4 is 10.2 Å². The number of aromatic nitrogens is 1. The molecule has 2 N–H and O–H groups in total. The summed E-state index contributed by atoms with van der Waals surface area (Å²) in [4.78, 5) is 29.4. The van der Waals surface area contributed by atoms with E-state index in [9.17, 15) is 20.0 Å². The largest absolute Gasteiger partial charge is 0.480 e. The molecule has 2 fully saturated rings. The fourth-order valence-electron chi connectivity index (χ4n) is 3.62. The summed E-state index contributed by atoms with van der Waals surface area (Å²) in [5.41, 5.74) is 2.73. The lowest BCUT2D eigenvalue weighted by molar-refractivity contribution is -0.138. The van der Waals surface area contributed by atoms with Gasteiger partial charge in [0, 0.05) is 18.7 Å². The van der Waals surface area contributed by atoms with Crippen molar-refractivity contribution in [2.45, 2.75) is 31.7 Å². The monoisotopic (exact) mass is 376 g/mol. The number of nitriles is 1. The number of carboxylic acid groups (broad SMARTS) is 1. The first kappa shape index (κ1) is 18.0. The van der Waals surface area contributed by atoms with Crippen molar-refractivity contribution in [3.63, 3.8) is 0 Å². The van der Waals surface area contributed by atoms with Crippen LogP contribution in [-0.4, -0.2) is 34.6 Å². The quantitative estimate of drug-likeness (QED) is 0.831. The summed E-state index contributed by atoms with van der Waals surface area (Å²) in [6.45, 7) is 0.623. The fraction of sp³-hybridized carbons (Fsp3) is 0.333. The summed E-state index contributed by atoms with van der Waals surface area (Å²) < 4.78 is 0. The van der Waals surface area contributed by atoms with Crippen LogP contribution in [0.1, 0.15) is 31.2 Å². The zero-order chi connectivity index (χ0) is 19.7. The van der Waals surface area contributed by atoms with E-state index in [1.807, 2.05) is 12.1 Å². The molecule has 1 aromatic carbocycles. The second kappa shape index (κ2) is 7.31. The lowest BCUT2D eigenvalue weighted by Gasteiger charge is -2.25. The van der Waals surface area contributed by atoms with Crippen molar-refractivity contribution in [2.24, 2.45) is 5.92 Å². The smallest absolute Gasteiger partial charge is 0.326 e. The van der Waals surface area contributed by atoms with Gasteiger partial charge >= 0.3 is 5.97 Å². The summed E-state index contributed by atoms with van der Waals surface area (Å²) in [5, 5.41) is 21.9. The molecular formula is C21H20N4O3. The van der Waals surface area contributed by atoms with Gasteiger partial charge in [-0.15, -0.1) is 0 Å². The van der Waals surface area contributed by atoms with Gasteiger partial charge in [-0.05, 0) is 61.1 Å². The van der Waals surface area contributed by atoms with Crippen molar-refractivity contribution in [2.75, 3.05) is 16.8 Å². The van der Waals surface area contributed by atoms with E-state index >= 15 is 0 Å². The van der Waals surface area contributed by atoms with Crippen LogP contribution >= 0.6 is 0 Å². The molecule has 142 valence electrons. The van der Waals surface area contributed by atoms with Gasteiger partial charge in [-0.1, -0.05) is 6.07 Å². The Morgan fingerprint density at radius 3 is 2.68 bits per heavy atom. The number of amides is 1. The number of hydrogen-bond acceptors (Lipinski definition) is 5. The van der Waals surface area contributed by atoms with Gasteiger partial charge in [0.2, 0.25) is 5.91 Å². The molecular weight excluding hydrogens is 356 g/mol. The maximum absolute atomic E-state index is 12.0. The third kappa shape index (κ3) is 3.54. The lowest BCUT2D eigenvalue weighted by Crippen LogP contribution is -2.36. The van der Waals surface area contributed by atoms with Gasteiger partial charge in [0.05, 0.1) is 11.3 Å². The highest BCUT2D eigenvalue weighted by molar-refractivity contribution is 5.93. The Bertz CT molecular complexity index is 978. The Labute approximate surface area is 162 Å². The number of anilines is 2. The van der Waals surface area contributed by atoms with Gasteiger partial charge in [-0.2, -0.15) is 5.26 Å². The molecule has 4 rings (SSSR count). The third-order valence-corrected chi connectivity index (χ3v) is 5.26. The zero-order valence-electron chi connectivity index (χ0n) is 15.3. The molecule has 2 heterocycles. The minimum absolute atomic E-state index is 0.00791. The van der Waals surface area contributed by atoms with E-state index in [1.165, 1.54) is 0 Å². The van der Waals surface area contributed by atoms with Crippen molar-refractivity contribution < 1.29 is 14.7 Å². The minimum atomic E-state index is -0.865. The average molecular weight is 376 g/mol. The molecule has 7 heteroatoms. The molecule has 1 amide bonds. The number of nitrogens with one attached hydrogen (secondary N) is 1. The SMILES string of the molecule is N#Cc1cc(-c2ccnc(NC(=O)C3CC3)c2)ccc1N1CCCC1C(=O)O.